The average Bonchev–Trinajstić information content (AvgIpc) is 2.63. The molecule has 1 aromatic rings. The third kappa shape index (κ3) is 3.05. The smallest absolute Gasteiger partial charge is 0.243 e. The number of aryl methyl sites for hydroxylation is 2. The lowest BCUT2D eigenvalue weighted by atomic mass is 10.1. The van der Waals surface area contributed by atoms with Crippen LogP contribution in [-0.4, -0.2) is 37.0 Å². The highest BCUT2D eigenvalue weighted by atomic mass is 32.2. The zero-order valence-corrected chi connectivity index (χ0v) is 13.0. The molecular formula is C15H23NO3S. The number of hydrogen-bond donors (Lipinski definition) is 1. The highest BCUT2D eigenvalue weighted by Crippen LogP contribution is 2.26. The van der Waals surface area contributed by atoms with Gasteiger partial charge in [0.15, 0.2) is 0 Å². The van der Waals surface area contributed by atoms with Crippen LogP contribution in [0.3, 0.4) is 0 Å². The third-order valence-electron chi connectivity index (χ3n) is 3.95. The van der Waals surface area contributed by atoms with Crippen LogP contribution in [0.2, 0.25) is 0 Å². The molecule has 1 unspecified atom stereocenters. The second-order valence-electron chi connectivity index (χ2n) is 5.57. The van der Waals surface area contributed by atoms with E-state index in [1.54, 1.807) is 6.07 Å². The van der Waals surface area contributed by atoms with Gasteiger partial charge in [0.05, 0.1) is 11.5 Å². The Morgan fingerprint density at radius 2 is 2.00 bits per heavy atom. The lowest BCUT2D eigenvalue weighted by molar-refractivity contribution is 0.186. The Balaban J connectivity index is 2.41. The second-order valence-corrected chi connectivity index (χ2v) is 7.43. The molecule has 1 atom stereocenters. The predicted octanol–water partition coefficient (Wildman–Crippen LogP) is 2.23. The summed E-state index contributed by atoms with van der Waals surface area (Å²) in [5.74, 6) is 0. The highest BCUT2D eigenvalue weighted by molar-refractivity contribution is 7.89. The Kier molecular flexibility index (Phi) is 4.83. The third-order valence-corrected chi connectivity index (χ3v) is 6.06. The molecular weight excluding hydrogens is 274 g/mol. The fourth-order valence-electron chi connectivity index (χ4n) is 2.86. The Hall–Kier alpha value is -0.910. The molecule has 0 saturated carbocycles. The summed E-state index contributed by atoms with van der Waals surface area (Å²) in [7, 11) is -3.52. The minimum absolute atomic E-state index is 0.107. The van der Waals surface area contributed by atoms with Crippen LogP contribution in [0, 0.1) is 13.8 Å². The summed E-state index contributed by atoms with van der Waals surface area (Å²) in [4.78, 5) is 0.364. The standard InChI is InChI=1S/C15H23NO3S/c1-12-7-8-15(13(2)10-12)20(18,19)16-9-5-3-4-6-14(16)11-17/h7-8,10,14,17H,3-6,9,11H2,1-2H3. The first-order valence-electron chi connectivity index (χ1n) is 7.17. The number of aliphatic hydroxyl groups excluding tert-OH is 1. The van der Waals surface area contributed by atoms with Gasteiger partial charge in [-0.1, -0.05) is 30.5 Å². The van der Waals surface area contributed by atoms with E-state index in [1.165, 1.54) is 4.31 Å². The largest absolute Gasteiger partial charge is 0.395 e. The summed E-state index contributed by atoms with van der Waals surface area (Å²) >= 11 is 0. The van der Waals surface area contributed by atoms with Crippen molar-refractivity contribution in [3.8, 4) is 0 Å². The Bertz CT molecular complexity index is 568. The van der Waals surface area contributed by atoms with Crippen molar-refractivity contribution in [3.63, 3.8) is 0 Å². The fourth-order valence-corrected chi connectivity index (χ4v) is 4.76. The molecule has 1 saturated heterocycles. The SMILES string of the molecule is Cc1ccc(S(=O)(=O)N2CCCCCC2CO)c(C)c1. The van der Waals surface area contributed by atoms with E-state index in [9.17, 15) is 13.5 Å². The summed E-state index contributed by atoms with van der Waals surface area (Å²) in [6.07, 6.45) is 3.60. The van der Waals surface area contributed by atoms with E-state index in [-0.39, 0.29) is 12.6 Å². The number of rotatable bonds is 3. The predicted molar refractivity (Wildman–Crippen MR) is 79.1 cm³/mol. The minimum atomic E-state index is -3.52. The van der Waals surface area contributed by atoms with Crippen molar-refractivity contribution in [2.75, 3.05) is 13.2 Å². The molecule has 1 heterocycles. The van der Waals surface area contributed by atoms with E-state index in [2.05, 4.69) is 0 Å². The number of nitrogens with zero attached hydrogens (tertiary/aromatic N) is 1. The van der Waals surface area contributed by atoms with Crippen LogP contribution in [0.25, 0.3) is 0 Å². The summed E-state index contributed by atoms with van der Waals surface area (Å²) in [6, 6.07) is 5.10. The first-order chi connectivity index (χ1) is 9.46. The fraction of sp³-hybridized carbons (Fsp3) is 0.600. The van der Waals surface area contributed by atoms with Gasteiger partial charge in [-0.05, 0) is 38.3 Å². The molecule has 0 aromatic heterocycles. The number of benzene rings is 1. The summed E-state index contributed by atoms with van der Waals surface area (Å²) in [6.45, 7) is 4.17. The molecule has 0 aliphatic carbocycles. The maximum atomic E-state index is 12.9. The quantitative estimate of drug-likeness (QED) is 0.931. The van der Waals surface area contributed by atoms with Crippen molar-refractivity contribution in [3.05, 3.63) is 29.3 Å². The zero-order chi connectivity index (χ0) is 14.8. The molecule has 0 radical (unpaired) electrons. The van der Waals surface area contributed by atoms with Gasteiger partial charge >= 0.3 is 0 Å². The maximum Gasteiger partial charge on any atom is 0.243 e. The van der Waals surface area contributed by atoms with Crippen molar-refractivity contribution in [2.45, 2.75) is 50.5 Å². The molecule has 4 nitrogen and oxygen atoms in total. The van der Waals surface area contributed by atoms with Crippen molar-refractivity contribution in [2.24, 2.45) is 0 Å². The molecule has 0 spiro atoms. The van der Waals surface area contributed by atoms with Crippen LogP contribution < -0.4 is 0 Å². The Morgan fingerprint density at radius 1 is 1.25 bits per heavy atom. The van der Waals surface area contributed by atoms with Crippen LogP contribution in [0.1, 0.15) is 36.8 Å². The average molecular weight is 297 g/mol. The van der Waals surface area contributed by atoms with E-state index in [1.807, 2.05) is 26.0 Å². The van der Waals surface area contributed by atoms with Gasteiger partial charge in [-0.25, -0.2) is 8.42 Å². The van der Waals surface area contributed by atoms with Gasteiger partial charge in [0, 0.05) is 12.6 Å². The molecule has 2 rings (SSSR count). The molecule has 112 valence electrons. The van der Waals surface area contributed by atoms with Crippen LogP contribution in [0.4, 0.5) is 0 Å². The van der Waals surface area contributed by atoms with Crippen molar-refractivity contribution >= 4 is 10.0 Å². The van der Waals surface area contributed by atoms with E-state index in [0.717, 1.165) is 36.8 Å². The minimum Gasteiger partial charge on any atom is -0.395 e. The first kappa shape index (κ1) is 15.5. The van der Waals surface area contributed by atoms with Crippen LogP contribution in [-0.2, 0) is 10.0 Å². The lowest BCUT2D eigenvalue weighted by Crippen LogP contribution is -2.42. The first-order valence-corrected chi connectivity index (χ1v) is 8.61. The van der Waals surface area contributed by atoms with Gasteiger partial charge in [0.2, 0.25) is 10.0 Å². The molecule has 1 aliphatic heterocycles. The normalized spacial score (nSPS) is 21.6. The molecule has 1 aliphatic rings. The second kappa shape index (κ2) is 6.24. The number of aliphatic hydroxyl groups is 1. The van der Waals surface area contributed by atoms with E-state index in [4.69, 9.17) is 0 Å². The summed E-state index contributed by atoms with van der Waals surface area (Å²) in [5.41, 5.74) is 1.82. The zero-order valence-electron chi connectivity index (χ0n) is 12.2. The maximum absolute atomic E-state index is 12.9. The Morgan fingerprint density at radius 3 is 2.65 bits per heavy atom. The molecule has 0 bridgehead atoms. The van der Waals surface area contributed by atoms with Crippen molar-refractivity contribution < 1.29 is 13.5 Å². The highest BCUT2D eigenvalue weighted by Gasteiger charge is 2.32. The molecule has 0 amide bonds. The number of sulfonamides is 1. The van der Waals surface area contributed by atoms with E-state index >= 15 is 0 Å². The van der Waals surface area contributed by atoms with Gasteiger partial charge in [-0.3, -0.25) is 0 Å². The number of hydrogen-bond acceptors (Lipinski definition) is 3. The van der Waals surface area contributed by atoms with Gasteiger partial charge in [0.1, 0.15) is 0 Å². The van der Waals surface area contributed by atoms with Gasteiger partial charge in [-0.2, -0.15) is 4.31 Å². The summed E-state index contributed by atoms with van der Waals surface area (Å²) in [5, 5.41) is 9.50. The van der Waals surface area contributed by atoms with Crippen molar-refractivity contribution in [1.82, 2.24) is 4.31 Å². The molecule has 1 N–H and O–H groups in total. The van der Waals surface area contributed by atoms with Gasteiger partial charge < -0.3 is 5.11 Å². The molecule has 1 aromatic carbocycles. The lowest BCUT2D eigenvalue weighted by Gasteiger charge is -2.28. The van der Waals surface area contributed by atoms with E-state index in [0.29, 0.717) is 11.4 Å². The van der Waals surface area contributed by atoms with Crippen LogP contribution in [0.15, 0.2) is 23.1 Å². The topological polar surface area (TPSA) is 57.6 Å². The molecule has 20 heavy (non-hydrogen) atoms. The van der Waals surface area contributed by atoms with Gasteiger partial charge in [-0.15, -0.1) is 0 Å². The molecule has 1 fully saturated rings. The monoisotopic (exact) mass is 297 g/mol. The van der Waals surface area contributed by atoms with Crippen molar-refractivity contribution in [1.29, 1.82) is 0 Å². The molecule has 5 heteroatoms. The Labute approximate surface area is 121 Å². The van der Waals surface area contributed by atoms with E-state index < -0.39 is 10.0 Å². The summed E-state index contributed by atoms with van der Waals surface area (Å²) < 4.78 is 27.2. The van der Waals surface area contributed by atoms with Crippen LogP contribution >= 0.6 is 0 Å². The van der Waals surface area contributed by atoms with Crippen LogP contribution in [0.5, 0.6) is 0 Å². The van der Waals surface area contributed by atoms with Gasteiger partial charge in [0.25, 0.3) is 0 Å².